The quantitative estimate of drug-likeness (QED) is 0.0870. The van der Waals surface area contributed by atoms with E-state index in [4.69, 9.17) is 9.47 Å². The molecule has 0 aliphatic heterocycles. The van der Waals surface area contributed by atoms with E-state index in [-0.39, 0.29) is 48.9 Å². The molecule has 3 amide bonds. The fourth-order valence-electron chi connectivity index (χ4n) is 10.2. The van der Waals surface area contributed by atoms with Gasteiger partial charge in [0.1, 0.15) is 19.3 Å². The maximum atomic E-state index is 15.4. The fraction of sp³-hybridized carbons (Fsp3) is 0.150. The summed E-state index contributed by atoms with van der Waals surface area (Å²) in [6.45, 7) is 0.218. The van der Waals surface area contributed by atoms with Crippen molar-refractivity contribution in [2.45, 2.75) is 44.1 Å². The summed E-state index contributed by atoms with van der Waals surface area (Å²) in [5.74, 6) is -5.42. The maximum absolute atomic E-state index is 15.4. The average molecular weight is 924 g/mol. The Balaban J connectivity index is 0.970. The molecule has 0 radical (unpaired) electrons. The van der Waals surface area contributed by atoms with Gasteiger partial charge in [-0.3, -0.25) is 14.4 Å². The lowest BCUT2D eigenvalue weighted by atomic mass is 9.53. The van der Waals surface area contributed by atoms with Crippen molar-refractivity contribution in [1.82, 2.24) is 10.6 Å². The molecule has 10 nitrogen and oxygen atoms in total. The van der Waals surface area contributed by atoms with Gasteiger partial charge in [0, 0.05) is 30.5 Å². The normalized spacial score (nSPS) is 16.7. The number of ether oxygens (including phenoxy) is 2. The molecule has 0 fully saturated rings. The molecule has 3 atom stereocenters. The second-order valence-electron chi connectivity index (χ2n) is 17.8. The monoisotopic (exact) mass is 923 g/mol. The molecular formula is C60H49N3O7. The summed E-state index contributed by atoms with van der Waals surface area (Å²) in [4.78, 5) is 72.5. The molecule has 0 spiro atoms. The van der Waals surface area contributed by atoms with Crippen LogP contribution in [-0.4, -0.2) is 35.7 Å². The first-order valence-corrected chi connectivity index (χ1v) is 23.4. The van der Waals surface area contributed by atoms with E-state index >= 15 is 4.79 Å². The summed E-state index contributed by atoms with van der Waals surface area (Å²) in [7, 11) is 0. The Morgan fingerprint density at radius 3 is 1.47 bits per heavy atom. The lowest BCUT2D eigenvalue weighted by Gasteiger charge is -2.49. The van der Waals surface area contributed by atoms with Crippen LogP contribution in [0.5, 0.6) is 0 Å². The van der Waals surface area contributed by atoms with Crippen molar-refractivity contribution in [3.63, 3.8) is 0 Å². The van der Waals surface area contributed by atoms with Crippen molar-refractivity contribution in [3.05, 3.63) is 256 Å². The highest BCUT2D eigenvalue weighted by Crippen LogP contribution is 2.58. The van der Waals surface area contributed by atoms with Crippen molar-refractivity contribution in [2.24, 2.45) is 11.8 Å². The SMILES string of the molecule is O=C(OCc1ccccc1)c1cc(NC(=O)[C@H](Cc2ccccc2)NC(=O)[C@@H]2C3c4ccccc4C(c4ccccc43)[C@@H]2C(=O)NCc2cccc3ccccc23)cc(C(=O)OCc2ccccc2)c1. The van der Waals surface area contributed by atoms with Crippen LogP contribution in [0.2, 0.25) is 0 Å². The van der Waals surface area contributed by atoms with Crippen LogP contribution >= 0.6 is 0 Å². The molecule has 8 aromatic rings. The molecular weight excluding hydrogens is 875 g/mol. The zero-order chi connectivity index (χ0) is 48.0. The minimum absolute atomic E-state index is 0.0111. The van der Waals surface area contributed by atoms with Crippen LogP contribution in [0.25, 0.3) is 10.8 Å². The Hall–Kier alpha value is -8.63. The molecule has 3 aliphatic carbocycles. The van der Waals surface area contributed by atoms with Crippen molar-refractivity contribution < 1.29 is 33.4 Å². The molecule has 0 heterocycles. The van der Waals surface area contributed by atoms with Crippen molar-refractivity contribution >= 4 is 46.1 Å². The molecule has 8 aromatic carbocycles. The van der Waals surface area contributed by atoms with Crippen LogP contribution in [0.1, 0.15) is 77.1 Å². The van der Waals surface area contributed by atoms with E-state index in [0.29, 0.717) is 0 Å². The van der Waals surface area contributed by atoms with E-state index in [1.54, 1.807) is 0 Å². The molecule has 10 heteroatoms. The van der Waals surface area contributed by atoms with Gasteiger partial charge in [0.25, 0.3) is 0 Å². The molecule has 0 saturated carbocycles. The summed E-state index contributed by atoms with van der Waals surface area (Å²) in [5, 5.41) is 11.4. The van der Waals surface area contributed by atoms with Gasteiger partial charge in [0.2, 0.25) is 17.7 Å². The number of rotatable bonds is 15. The molecule has 70 heavy (non-hydrogen) atoms. The lowest BCUT2D eigenvalue weighted by molar-refractivity contribution is -0.138. The summed E-state index contributed by atoms with van der Waals surface area (Å²) in [5.41, 5.74) is 7.34. The Kier molecular flexibility index (Phi) is 13.1. The molecule has 0 aromatic heterocycles. The number of fused-ring (bicyclic) bond motifs is 2. The molecule has 3 aliphatic rings. The third-order valence-corrected chi connectivity index (χ3v) is 13.4. The summed E-state index contributed by atoms with van der Waals surface area (Å²) in [6, 6.07) is 60.8. The molecule has 0 unspecified atom stereocenters. The number of carbonyl (C=O) groups excluding carboxylic acids is 5. The Bertz CT molecular complexity index is 3110. The van der Waals surface area contributed by atoms with E-state index in [1.807, 2.05) is 182 Å². The van der Waals surface area contributed by atoms with E-state index in [0.717, 1.165) is 55.3 Å². The highest BCUT2D eigenvalue weighted by atomic mass is 16.5. The van der Waals surface area contributed by atoms with E-state index < -0.39 is 53.5 Å². The smallest absolute Gasteiger partial charge is 0.338 e. The highest BCUT2D eigenvalue weighted by molar-refractivity contribution is 6.02. The number of hydrogen-bond donors (Lipinski definition) is 3. The van der Waals surface area contributed by atoms with E-state index in [9.17, 15) is 19.2 Å². The molecule has 346 valence electrons. The van der Waals surface area contributed by atoms with Crippen LogP contribution in [0, 0.1) is 11.8 Å². The molecule has 2 bridgehead atoms. The number of carbonyl (C=O) groups is 5. The van der Waals surface area contributed by atoms with E-state index in [1.165, 1.54) is 18.2 Å². The Morgan fingerprint density at radius 1 is 0.471 bits per heavy atom. The summed E-state index contributed by atoms with van der Waals surface area (Å²) >= 11 is 0. The van der Waals surface area contributed by atoms with Gasteiger partial charge in [-0.05, 0) is 73.5 Å². The van der Waals surface area contributed by atoms with Crippen molar-refractivity contribution in [1.29, 1.82) is 0 Å². The maximum Gasteiger partial charge on any atom is 0.338 e. The van der Waals surface area contributed by atoms with Gasteiger partial charge < -0.3 is 25.4 Å². The Labute approximate surface area is 405 Å². The van der Waals surface area contributed by atoms with Gasteiger partial charge in [-0.25, -0.2) is 9.59 Å². The first-order valence-electron chi connectivity index (χ1n) is 23.4. The number of anilines is 1. The molecule has 0 saturated heterocycles. The number of hydrogen-bond acceptors (Lipinski definition) is 7. The predicted octanol–water partition coefficient (Wildman–Crippen LogP) is 10.1. The number of amides is 3. The van der Waals surface area contributed by atoms with Gasteiger partial charge in [-0.1, -0.05) is 182 Å². The number of esters is 2. The van der Waals surface area contributed by atoms with Crippen LogP contribution in [0.15, 0.2) is 200 Å². The standard InChI is InChI=1S/C60H49N3O7/c64-56(62-45-33-43(59(67)69-36-39-19-6-2-7-20-39)32-44(34-45)60(68)70-37-40-21-8-3-9-22-40)51(31-38-17-4-1-5-18-38)63-58(66)55-53-49-29-14-12-27-47(49)52(48-28-13-15-30-50(48)53)54(55)57(65)61-35-42-25-16-24-41-23-10-11-26-46(41)42/h1-30,32-34,51-55H,31,35-37H2,(H,61,65)(H,62,64)(H,63,66)/t51-,52?,53?,54-,55+/m0/s1. The van der Waals surface area contributed by atoms with E-state index in [2.05, 4.69) is 16.0 Å². The van der Waals surface area contributed by atoms with Gasteiger partial charge in [-0.15, -0.1) is 0 Å². The third-order valence-electron chi connectivity index (χ3n) is 13.4. The molecule has 11 rings (SSSR count). The second-order valence-corrected chi connectivity index (χ2v) is 17.8. The van der Waals surface area contributed by atoms with Gasteiger partial charge >= 0.3 is 11.9 Å². The molecule has 3 N–H and O–H groups in total. The van der Waals surface area contributed by atoms with Crippen LogP contribution in [0.4, 0.5) is 5.69 Å². The summed E-state index contributed by atoms with van der Waals surface area (Å²) < 4.78 is 11.3. The van der Waals surface area contributed by atoms with Crippen molar-refractivity contribution in [2.75, 3.05) is 5.32 Å². The fourth-order valence-corrected chi connectivity index (χ4v) is 10.2. The lowest BCUT2D eigenvalue weighted by Crippen LogP contribution is -2.55. The zero-order valence-corrected chi connectivity index (χ0v) is 38.1. The first kappa shape index (κ1) is 45.2. The van der Waals surface area contributed by atoms with Gasteiger partial charge in [0.15, 0.2) is 0 Å². The zero-order valence-electron chi connectivity index (χ0n) is 38.1. The minimum atomic E-state index is -1.16. The summed E-state index contributed by atoms with van der Waals surface area (Å²) in [6.07, 6.45) is 0.0924. The average Bonchev–Trinajstić information content (AvgIpc) is 3.41. The topological polar surface area (TPSA) is 140 Å². The van der Waals surface area contributed by atoms with Gasteiger partial charge in [-0.2, -0.15) is 0 Å². The highest BCUT2D eigenvalue weighted by Gasteiger charge is 2.55. The van der Waals surface area contributed by atoms with Gasteiger partial charge in [0.05, 0.1) is 23.0 Å². The van der Waals surface area contributed by atoms with Crippen LogP contribution in [0.3, 0.4) is 0 Å². The Morgan fingerprint density at radius 2 is 0.929 bits per heavy atom. The largest absolute Gasteiger partial charge is 0.457 e. The van der Waals surface area contributed by atoms with Crippen molar-refractivity contribution in [3.8, 4) is 0 Å². The number of nitrogens with one attached hydrogen (secondary N) is 3. The van der Waals surface area contributed by atoms with Crippen LogP contribution in [-0.2, 0) is 50.0 Å². The van der Waals surface area contributed by atoms with Crippen LogP contribution < -0.4 is 16.0 Å². The second kappa shape index (κ2) is 20.3. The first-order chi connectivity index (χ1) is 34.3. The minimum Gasteiger partial charge on any atom is -0.457 e. The number of benzene rings is 8. The third kappa shape index (κ3) is 9.57. The predicted molar refractivity (Wildman–Crippen MR) is 268 cm³/mol.